The van der Waals surface area contributed by atoms with E-state index in [4.69, 9.17) is 4.74 Å². The number of piperazine rings is 1. The van der Waals surface area contributed by atoms with Gasteiger partial charge in [-0.25, -0.2) is 8.42 Å². The van der Waals surface area contributed by atoms with Crippen LogP contribution in [-0.4, -0.2) is 74.4 Å². The molecule has 0 N–H and O–H groups in total. The first kappa shape index (κ1) is 21.2. The fourth-order valence-corrected chi connectivity index (χ4v) is 6.13. The number of aromatic nitrogens is 1. The zero-order valence-electron chi connectivity index (χ0n) is 16.6. The Balaban J connectivity index is 1.60. The van der Waals surface area contributed by atoms with Crippen LogP contribution in [0.3, 0.4) is 0 Å². The summed E-state index contributed by atoms with van der Waals surface area (Å²) in [6.07, 6.45) is 0. The molecule has 0 atom stereocenters. The van der Waals surface area contributed by atoms with E-state index in [0.717, 1.165) is 23.5 Å². The van der Waals surface area contributed by atoms with Gasteiger partial charge in [0.2, 0.25) is 0 Å². The van der Waals surface area contributed by atoms with E-state index < -0.39 is 10.0 Å². The molecule has 1 fully saturated rings. The number of sulfonamides is 1. The van der Waals surface area contributed by atoms with Crippen LogP contribution in [0.1, 0.15) is 21.7 Å². The van der Waals surface area contributed by atoms with E-state index in [-0.39, 0.29) is 5.78 Å². The summed E-state index contributed by atoms with van der Waals surface area (Å²) in [7, 11) is -1.75. The lowest BCUT2D eigenvalue weighted by Crippen LogP contribution is -2.49. The minimum Gasteiger partial charge on any atom is -0.383 e. The zero-order valence-corrected chi connectivity index (χ0v) is 18.2. The molecule has 28 heavy (non-hydrogen) atoms. The van der Waals surface area contributed by atoms with Crippen molar-refractivity contribution in [3.8, 4) is 0 Å². The van der Waals surface area contributed by atoms with Gasteiger partial charge in [0.25, 0.3) is 10.0 Å². The van der Waals surface area contributed by atoms with Gasteiger partial charge in [-0.1, -0.05) is 6.07 Å². The van der Waals surface area contributed by atoms with Gasteiger partial charge in [-0.15, -0.1) is 11.3 Å². The number of rotatable bonds is 8. The minimum atomic E-state index is -3.42. The summed E-state index contributed by atoms with van der Waals surface area (Å²) in [6, 6.07) is 5.32. The maximum absolute atomic E-state index is 12.8. The number of methoxy groups -OCH3 is 1. The van der Waals surface area contributed by atoms with Crippen molar-refractivity contribution < 1.29 is 17.9 Å². The molecule has 0 bridgehead atoms. The summed E-state index contributed by atoms with van der Waals surface area (Å²) in [4.78, 5) is 14.9. The van der Waals surface area contributed by atoms with Gasteiger partial charge in [0.1, 0.15) is 4.21 Å². The fourth-order valence-electron chi connectivity index (χ4n) is 3.56. The second-order valence-corrected chi connectivity index (χ2v) is 10.1. The lowest BCUT2D eigenvalue weighted by atomic mass is 10.1. The molecule has 9 heteroatoms. The predicted octanol–water partition coefficient (Wildman–Crippen LogP) is 2.00. The average molecular weight is 426 g/mol. The van der Waals surface area contributed by atoms with Gasteiger partial charge in [0.15, 0.2) is 5.78 Å². The molecule has 0 aliphatic carbocycles. The number of aryl methyl sites for hydroxylation is 1. The summed E-state index contributed by atoms with van der Waals surface area (Å²) in [5, 5.41) is 1.77. The van der Waals surface area contributed by atoms with Crippen LogP contribution in [-0.2, 0) is 21.3 Å². The zero-order chi connectivity index (χ0) is 20.3. The predicted molar refractivity (Wildman–Crippen MR) is 110 cm³/mol. The van der Waals surface area contributed by atoms with Crippen LogP contribution in [0.25, 0.3) is 0 Å². The number of hydrogen-bond donors (Lipinski definition) is 0. The summed E-state index contributed by atoms with van der Waals surface area (Å²) in [6.45, 7) is 7.50. The Hall–Kier alpha value is -1.52. The molecule has 3 heterocycles. The van der Waals surface area contributed by atoms with Gasteiger partial charge in [-0.2, -0.15) is 4.31 Å². The highest BCUT2D eigenvalue weighted by atomic mass is 32.2. The third-order valence-corrected chi connectivity index (χ3v) is 8.45. The van der Waals surface area contributed by atoms with Crippen molar-refractivity contribution in [2.24, 2.45) is 0 Å². The number of hydrogen-bond acceptors (Lipinski definition) is 6. The van der Waals surface area contributed by atoms with Gasteiger partial charge in [-0.3, -0.25) is 9.69 Å². The van der Waals surface area contributed by atoms with E-state index in [1.54, 1.807) is 24.6 Å². The Morgan fingerprint density at radius 2 is 1.93 bits per heavy atom. The van der Waals surface area contributed by atoms with Crippen LogP contribution in [0.15, 0.2) is 27.8 Å². The van der Waals surface area contributed by atoms with Crippen LogP contribution in [0, 0.1) is 13.8 Å². The monoisotopic (exact) mass is 425 g/mol. The Morgan fingerprint density at radius 3 is 2.54 bits per heavy atom. The van der Waals surface area contributed by atoms with Crippen molar-refractivity contribution in [3.63, 3.8) is 0 Å². The Labute approximate surface area is 170 Å². The Bertz CT molecular complexity index is 911. The molecule has 0 radical (unpaired) electrons. The summed E-state index contributed by atoms with van der Waals surface area (Å²) in [5.41, 5.74) is 2.74. The second-order valence-electron chi connectivity index (χ2n) is 6.96. The number of ether oxygens (including phenoxy) is 1. The number of carbonyl (C=O) groups excluding carboxylic acids is 1. The Kier molecular flexibility index (Phi) is 6.72. The molecule has 154 valence electrons. The first-order chi connectivity index (χ1) is 13.3. The van der Waals surface area contributed by atoms with Gasteiger partial charge in [0, 0.05) is 56.8 Å². The lowest BCUT2D eigenvalue weighted by molar-refractivity contribution is 0.0901. The molecule has 1 aliphatic heterocycles. The molecule has 0 saturated carbocycles. The molecule has 0 aromatic carbocycles. The molecule has 0 amide bonds. The molecular formula is C19H27N3O4S2. The van der Waals surface area contributed by atoms with E-state index in [9.17, 15) is 13.2 Å². The topological polar surface area (TPSA) is 71.8 Å². The van der Waals surface area contributed by atoms with E-state index in [1.807, 2.05) is 24.8 Å². The molecule has 2 aromatic heterocycles. The average Bonchev–Trinajstić information content (AvgIpc) is 3.30. The third-order valence-electron chi connectivity index (χ3n) is 5.18. The summed E-state index contributed by atoms with van der Waals surface area (Å²) >= 11 is 1.23. The molecule has 0 unspecified atom stereocenters. The smallest absolute Gasteiger partial charge is 0.252 e. The number of ketones is 1. The van der Waals surface area contributed by atoms with Crippen LogP contribution in [0.2, 0.25) is 0 Å². The van der Waals surface area contributed by atoms with Crippen LogP contribution in [0.4, 0.5) is 0 Å². The fraction of sp³-hybridized carbons (Fsp3) is 0.526. The molecule has 1 saturated heterocycles. The molecule has 7 nitrogen and oxygen atoms in total. The number of carbonyl (C=O) groups is 1. The number of thiophene rings is 1. The first-order valence-corrected chi connectivity index (χ1v) is 11.6. The maximum Gasteiger partial charge on any atom is 0.252 e. The van der Waals surface area contributed by atoms with E-state index in [1.165, 1.54) is 15.6 Å². The van der Waals surface area contributed by atoms with Crippen molar-refractivity contribution in [3.05, 3.63) is 40.5 Å². The highest BCUT2D eigenvalue weighted by Crippen LogP contribution is 2.22. The standard InChI is InChI=1S/C19H27N3O4S2/c1-15-13-17(16(2)22(15)10-11-26-3)18(23)14-20-6-8-21(9-7-20)28(24,25)19-5-4-12-27-19/h4-5,12-13H,6-11,14H2,1-3H3. The summed E-state index contributed by atoms with van der Waals surface area (Å²) < 4.78 is 34.3. The molecule has 2 aromatic rings. The highest BCUT2D eigenvalue weighted by Gasteiger charge is 2.30. The second kappa shape index (κ2) is 8.87. The Morgan fingerprint density at radius 1 is 1.21 bits per heavy atom. The highest BCUT2D eigenvalue weighted by molar-refractivity contribution is 7.91. The SMILES string of the molecule is COCCn1c(C)cc(C(=O)CN2CCN(S(=O)(=O)c3cccs3)CC2)c1C. The molecule has 3 rings (SSSR count). The molecule has 1 aliphatic rings. The maximum atomic E-state index is 12.8. The number of Topliss-reactive ketones (excluding diaryl/α,β-unsaturated/α-hetero) is 1. The van der Waals surface area contributed by atoms with E-state index >= 15 is 0 Å². The van der Waals surface area contributed by atoms with Crippen LogP contribution < -0.4 is 0 Å². The van der Waals surface area contributed by atoms with Crippen molar-refractivity contribution in [1.82, 2.24) is 13.8 Å². The van der Waals surface area contributed by atoms with Crippen molar-refractivity contribution in [2.45, 2.75) is 24.6 Å². The van der Waals surface area contributed by atoms with E-state index in [2.05, 4.69) is 4.57 Å². The summed E-state index contributed by atoms with van der Waals surface area (Å²) in [5.74, 6) is 0.0753. The van der Waals surface area contributed by atoms with Gasteiger partial charge in [-0.05, 0) is 31.4 Å². The minimum absolute atomic E-state index is 0.0753. The molecular weight excluding hydrogens is 398 g/mol. The van der Waals surface area contributed by atoms with Crippen LogP contribution >= 0.6 is 11.3 Å². The van der Waals surface area contributed by atoms with Gasteiger partial charge < -0.3 is 9.30 Å². The molecule has 0 spiro atoms. The van der Waals surface area contributed by atoms with Crippen molar-refractivity contribution >= 4 is 27.1 Å². The quantitative estimate of drug-likeness (QED) is 0.605. The van der Waals surface area contributed by atoms with Crippen molar-refractivity contribution in [1.29, 1.82) is 0 Å². The largest absolute Gasteiger partial charge is 0.383 e. The van der Waals surface area contributed by atoms with Gasteiger partial charge in [0.05, 0.1) is 13.2 Å². The number of nitrogens with zero attached hydrogens (tertiary/aromatic N) is 3. The first-order valence-electron chi connectivity index (χ1n) is 9.29. The van der Waals surface area contributed by atoms with Crippen molar-refractivity contribution in [2.75, 3.05) is 46.4 Å². The third kappa shape index (κ3) is 4.38. The normalized spacial score (nSPS) is 16.5. The lowest BCUT2D eigenvalue weighted by Gasteiger charge is -2.33. The van der Waals surface area contributed by atoms with E-state index in [0.29, 0.717) is 43.5 Å². The van der Waals surface area contributed by atoms with Crippen LogP contribution in [0.5, 0.6) is 0 Å². The van der Waals surface area contributed by atoms with Gasteiger partial charge >= 0.3 is 0 Å².